The van der Waals surface area contributed by atoms with Crippen LogP contribution in [0.5, 0.6) is 0 Å². The van der Waals surface area contributed by atoms with Gasteiger partial charge in [0.15, 0.2) is 0 Å². The van der Waals surface area contributed by atoms with Gasteiger partial charge in [-0.2, -0.15) is 0 Å². The number of nitrogens with one attached hydrogen (secondary N) is 1. The van der Waals surface area contributed by atoms with E-state index in [9.17, 15) is 0 Å². The summed E-state index contributed by atoms with van der Waals surface area (Å²) in [5.41, 5.74) is 2.51. The highest BCUT2D eigenvalue weighted by atomic mass is 32.2. The lowest BCUT2D eigenvalue weighted by molar-refractivity contribution is 1.13. The van der Waals surface area contributed by atoms with Gasteiger partial charge in [0.25, 0.3) is 0 Å². The molecule has 0 bridgehead atoms. The van der Waals surface area contributed by atoms with Gasteiger partial charge >= 0.3 is 0 Å². The average molecular weight is 229 g/mol. The van der Waals surface area contributed by atoms with Crippen LogP contribution in [0, 0.1) is 0 Å². The molecule has 2 aromatic rings. The molecule has 0 aliphatic rings. The lowest BCUT2D eigenvalue weighted by atomic mass is 10.2. The first-order valence-corrected chi connectivity index (χ1v) is 6.53. The smallest absolute Gasteiger partial charge is 0.0480 e. The van der Waals surface area contributed by atoms with Gasteiger partial charge in [0.2, 0.25) is 0 Å². The van der Waals surface area contributed by atoms with Crippen LogP contribution in [0.1, 0.15) is 5.56 Å². The summed E-state index contributed by atoms with van der Waals surface area (Å²) in [6, 6.07) is 18.8. The standard InChI is InChI=1S/C14H15NS/c1-16-14-10-6-5-9-13(14)15-11-12-7-3-2-4-8-12/h2-10,15H,11H2,1H3. The minimum Gasteiger partial charge on any atom is -0.380 e. The van der Waals surface area contributed by atoms with Gasteiger partial charge in [-0.25, -0.2) is 0 Å². The molecule has 0 heterocycles. The highest BCUT2D eigenvalue weighted by Crippen LogP contribution is 2.24. The zero-order valence-electron chi connectivity index (χ0n) is 9.31. The van der Waals surface area contributed by atoms with Crippen molar-refractivity contribution < 1.29 is 0 Å². The van der Waals surface area contributed by atoms with Crippen molar-refractivity contribution in [1.29, 1.82) is 0 Å². The fourth-order valence-corrected chi connectivity index (χ4v) is 2.16. The molecule has 0 amide bonds. The maximum absolute atomic E-state index is 3.46. The van der Waals surface area contributed by atoms with Crippen LogP contribution in [-0.4, -0.2) is 6.26 Å². The molecule has 0 aromatic heterocycles. The molecule has 0 saturated heterocycles. The van der Waals surface area contributed by atoms with Crippen LogP contribution in [0.4, 0.5) is 5.69 Å². The van der Waals surface area contributed by atoms with Crippen LogP contribution in [-0.2, 0) is 6.54 Å². The van der Waals surface area contributed by atoms with E-state index in [1.165, 1.54) is 16.1 Å². The Bertz CT molecular complexity index is 439. The molecule has 82 valence electrons. The maximum Gasteiger partial charge on any atom is 0.0480 e. The van der Waals surface area contributed by atoms with Gasteiger partial charge in [0.05, 0.1) is 0 Å². The highest BCUT2D eigenvalue weighted by molar-refractivity contribution is 7.98. The van der Waals surface area contributed by atoms with Crippen LogP contribution >= 0.6 is 11.8 Å². The monoisotopic (exact) mass is 229 g/mol. The number of rotatable bonds is 4. The van der Waals surface area contributed by atoms with E-state index in [0.717, 1.165) is 6.54 Å². The predicted molar refractivity (Wildman–Crippen MR) is 72.0 cm³/mol. The number of hydrogen-bond donors (Lipinski definition) is 1. The molecule has 0 aliphatic carbocycles. The van der Waals surface area contributed by atoms with Crippen molar-refractivity contribution in [3.63, 3.8) is 0 Å². The van der Waals surface area contributed by atoms with E-state index in [4.69, 9.17) is 0 Å². The molecule has 16 heavy (non-hydrogen) atoms. The molecule has 0 saturated carbocycles. The molecule has 0 spiro atoms. The fraction of sp³-hybridized carbons (Fsp3) is 0.143. The molecule has 0 radical (unpaired) electrons. The molecule has 0 aliphatic heterocycles. The summed E-state index contributed by atoms with van der Waals surface area (Å²) in [5.74, 6) is 0. The van der Waals surface area contributed by atoms with E-state index in [0.29, 0.717) is 0 Å². The second kappa shape index (κ2) is 5.61. The van der Waals surface area contributed by atoms with Crippen LogP contribution in [0.2, 0.25) is 0 Å². The van der Waals surface area contributed by atoms with Crippen LogP contribution in [0.15, 0.2) is 59.5 Å². The minimum absolute atomic E-state index is 0.873. The number of thioether (sulfide) groups is 1. The second-order valence-corrected chi connectivity index (χ2v) is 4.39. The Hall–Kier alpha value is -1.41. The molecule has 1 N–H and O–H groups in total. The number of para-hydroxylation sites is 1. The SMILES string of the molecule is CSc1ccccc1NCc1ccccc1. The zero-order valence-corrected chi connectivity index (χ0v) is 10.1. The Labute approximate surface area is 101 Å². The van der Waals surface area contributed by atoms with Crippen molar-refractivity contribution in [3.8, 4) is 0 Å². The van der Waals surface area contributed by atoms with Crippen molar-refractivity contribution >= 4 is 17.4 Å². The van der Waals surface area contributed by atoms with Gasteiger partial charge in [-0.3, -0.25) is 0 Å². The average Bonchev–Trinajstić information content (AvgIpc) is 2.38. The minimum atomic E-state index is 0.873. The highest BCUT2D eigenvalue weighted by Gasteiger charge is 1.99. The summed E-state index contributed by atoms with van der Waals surface area (Å²) < 4.78 is 0. The van der Waals surface area contributed by atoms with Gasteiger partial charge in [-0.1, -0.05) is 42.5 Å². The van der Waals surface area contributed by atoms with Gasteiger partial charge in [-0.05, 0) is 24.0 Å². The van der Waals surface area contributed by atoms with Crippen molar-refractivity contribution in [1.82, 2.24) is 0 Å². The molecule has 0 unspecified atom stereocenters. The molecule has 2 rings (SSSR count). The molecule has 2 aromatic carbocycles. The maximum atomic E-state index is 3.46. The summed E-state index contributed by atoms with van der Waals surface area (Å²) in [4.78, 5) is 1.29. The molecule has 1 nitrogen and oxygen atoms in total. The van der Waals surface area contributed by atoms with Gasteiger partial charge in [0.1, 0.15) is 0 Å². The third-order valence-corrected chi connectivity index (χ3v) is 3.23. The second-order valence-electron chi connectivity index (χ2n) is 3.54. The molecule has 2 heteroatoms. The molecular formula is C14H15NS. The summed E-state index contributed by atoms with van der Waals surface area (Å²) in [5, 5.41) is 3.46. The first kappa shape index (κ1) is 11.1. The van der Waals surface area contributed by atoms with E-state index in [1.807, 2.05) is 6.07 Å². The lowest BCUT2D eigenvalue weighted by Gasteiger charge is -2.10. The lowest BCUT2D eigenvalue weighted by Crippen LogP contribution is -1.99. The van der Waals surface area contributed by atoms with E-state index >= 15 is 0 Å². The molecular weight excluding hydrogens is 214 g/mol. The van der Waals surface area contributed by atoms with Crippen molar-refractivity contribution in [3.05, 3.63) is 60.2 Å². The quantitative estimate of drug-likeness (QED) is 0.795. The van der Waals surface area contributed by atoms with E-state index in [2.05, 4.69) is 60.1 Å². The molecule has 0 fully saturated rings. The van der Waals surface area contributed by atoms with E-state index in [-0.39, 0.29) is 0 Å². The summed E-state index contributed by atoms with van der Waals surface area (Å²) in [6.45, 7) is 0.873. The van der Waals surface area contributed by atoms with Crippen LogP contribution < -0.4 is 5.32 Å². The third kappa shape index (κ3) is 2.80. The summed E-state index contributed by atoms with van der Waals surface area (Å²) >= 11 is 1.77. The normalized spacial score (nSPS) is 10.1. The Morgan fingerprint density at radius 2 is 1.62 bits per heavy atom. The Kier molecular flexibility index (Phi) is 3.89. The summed E-state index contributed by atoms with van der Waals surface area (Å²) in [6.07, 6.45) is 2.10. The predicted octanol–water partition coefficient (Wildman–Crippen LogP) is 4.02. The van der Waals surface area contributed by atoms with Crippen molar-refractivity contribution in [2.45, 2.75) is 11.4 Å². The van der Waals surface area contributed by atoms with Gasteiger partial charge in [-0.15, -0.1) is 11.8 Å². The fourth-order valence-electron chi connectivity index (χ4n) is 1.58. The van der Waals surface area contributed by atoms with Crippen molar-refractivity contribution in [2.75, 3.05) is 11.6 Å². The number of hydrogen-bond acceptors (Lipinski definition) is 2. The number of anilines is 1. The largest absolute Gasteiger partial charge is 0.380 e. The first-order valence-electron chi connectivity index (χ1n) is 5.31. The third-order valence-electron chi connectivity index (χ3n) is 2.43. The van der Waals surface area contributed by atoms with Gasteiger partial charge < -0.3 is 5.32 Å². The Morgan fingerprint density at radius 1 is 0.938 bits per heavy atom. The van der Waals surface area contributed by atoms with Crippen LogP contribution in [0.25, 0.3) is 0 Å². The topological polar surface area (TPSA) is 12.0 Å². The van der Waals surface area contributed by atoms with E-state index in [1.54, 1.807) is 11.8 Å². The van der Waals surface area contributed by atoms with Crippen molar-refractivity contribution in [2.24, 2.45) is 0 Å². The zero-order chi connectivity index (χ0) is 11.2. The number of benzene rings is 2. The van der Waals surface area contributed by atoms with E-state index < -0.39 is 0 Å². The first-order chi connectivity index (χ1) is 7.90. The van der Waals surface area contributed by atoms with Crippen LogP contribution in [0.3, 0.4) is 0 Å². The van der Waals surface area contributed by atoms with Gasteiger partial charge in [0, 0.05) is 17.1 Å². The Balaban J connectivity index is 2.05. The molecule has 0 atom stereocenters. The summed E-state index contributed by atoms with van der Waals surface area (Å²) in [7, 11) is 0. The Morgan fingerprint density at radius 3 is 2.38 bits per heavy atom.